The van der Waals surface area contributed by atoms with E-state index < -0.39 is 104 Å². The summed E-state index contributed by atoms with van der Waals surface area (Å²) in [6.07, 6.45) is -122. The van der Waals surface area contributed by atoms with Crippen molar-refractivity contribution in [1.29, 1.82) is 0 Å². The van der Waals surface area contributed by atoms with E-state index in [-0.39, 0.29) is 0 Å². The molecule has 0 aromatic carbocycles. The average Bonchev–Trinajstić information content (AvgIpc) is 2.81. The van der Waals surface area contributed by atoms with Crippen LogP contribution in [0.2, 0.25) is 0 Å². The monoisotopic (exact) mass is 930 g/mol. The van der Waals surface area contributed by atoms with Gasteiger partial charge in [0.2, 0.25) is 5.41 Å². The van der Waals surface area contributed by atoms with Crippen LogP contribution < -0.4 is 0 Å². The first-order valence-corrected chi connectivity index (χ1v) is 11.4. The zero-order valence-electron chi connectivity index (χ0n) is 23.9. The third kappa shape index (κ3) is 10.00. The highest BCUT2D eigenvalue weighted by molar-refractivity contribution is 4.99. The fourth-order valence-electron chi connectivity index (χ4n) is 2.26. The van der Waals surface area contributed by atoms with Gasteiger partial charge in [-0.15, -0.1) is 0 Å². The number of halogens is 33. The van der Waals surface area contributed by atoms with Gasteiger partial charge in [-0.1, -0.05) is 0 Å². The Morgan fingerprint density at radius 2 is 0.304 bits per heavy atom. The summed E-state index contributed by atoms with van der Waals surface area (Å²) in [5, 5.41) is 0. The molecule has 0 N–H and O–H groups in total. The van der Waals surface area contributed by atoms with Crippen LogP contribution >= 0.6 is 0 Å². The molecular weight excluding hydrogens is 927 g/mol. The lowest BCUT2D eigenvalue weighted by Gasteiger charge is -2.44. The molecule has 0 rings (SSSR count). The Hall–Kier alpha value is -2.55. The molecule has 0 spiro atoms. The van der Waals surface area contributed by atoms with Crippen LogP contribution in [0.4, 0.5) is 145 Å². The van der Waals surface area contributed by atoms with E-state index in [1.54, 1.807) is 0 Å². The van der Waals surface area contributed by atoms with Crippen LogP contribution in [0.3, 0.4) is 0 Å². The Bertz CT molecular complexity index is 1260. The highest BCUT2D eigenvalue weighted by atomic mass is 19.4. The molecule has 0 amide bonds. The van der Waals surface area contributed by atoms with E-state index in [4.69, 9.17) is 0 Å². The normalized spacial score (nSPS) is 16.8. The highest BCUT2D eigenvalue weighted by Crippen LogP contribution is 2.63. The largest absolute Gasteiger partial charge is 0.483 e. The summed E-state index contributed by atoms with van der Waals surface area (Å²) in [4.78, 5) is 0. The van der Waals surface area contributed by atoms with Crippen molar-refractivity contribution in [2.45, 2.75) is 98.8 Å². The van der Waals surface area contributed by atoms with Gasteiger partial charge in [-0.05, 0) is 6.92 Å². The van der Waals surface area contributed by atoms with Crippen molar-refractivity contribution >= 4 is 0 Å². The molecule has 0 aliphatic rings. The quantitative estimate of drug-likeness (QED) is 0.128. The van der Waals surface area contributed by atoms with Crippen LogP contribution in [0.25, 0.3) is 0 Å². The van der Waals surface area contributed by atoms with Gasteiger partial charge in [0.1, 0.15) is 0 Å². The van der Waals surface area contributed by atoms with E-state index in [1.807, 2.05) is 0 Å². The van der Waals surface area contributed by atoms with Crippen LogP contribution in [0.1, 0.15) is 6.92 Å². The van der Waals surface area contributed by atoms with Crippen LogP contribution in [0.5, 0.6) is 0 Å². The van der Waals surface area contributed by atoms with Crippen molar-refractivity contribution in [2.24, 2.45) is 5.41 Å². The van der Waals surface area contributed by atoms with Crippen LogP contribution in [0.15, 0.2) is 0 Å². The molecule has 56 heavy (non-hydrogen) atoms. The molecule has 39 heteroatoms. The van der Waals surface area contributed by atoms with E-state index in [0.717, 1.165) is 28.4 Å². The van der Waals surface area contributed by atoms with Gasteiger partial charge in [-0.3, -0.25) is 0 Å². The van der Waals surface area contributed by atoms with E-state index >= 15 is 0 Å². The second kappa shape index (κ2) is 14.0. The van der Waals surface area contributed by atoms with Crippen molar-refractivity contribution in [1.82, 2.24) is 0 Å². The number of alkyl halides is 33. The molecule has 0 aliphatic heterocycles. The van der Waals surface area contributed by atoms with Gasteiger partial charge in [-0.2, -0.15) is 145 Å². The van der Waals surface area contributed by atoms with Crippen LogP contribution in [-0.2, 0) is 28.4 Å². The molecule has 0 heterocycles. The topological polar surface area (TPSA) is 55.4 Å². The summed E-state index contributed by atoms with van der Waals surface area (Å²) in [6.45, 7) is -2.37. The number of hydrogen-bond donors (Lipinski definition) is 0. The molecule has 0 saturated heterocycles. The summed E-state index contributed by atoms with van der Waals surface area (Å²) in [5.41, 5.74) is -7.96. The first-order chi connectivity index (χ1) is 23.5. The third-order valence-corrected chi connectivity index (χ3v) is 5.28. The number of rotatable bonds is 18. The Morgan fingerprint density at radius 3 is 0.429 bits per heavy atom. The molecular formula is C17H3F33O6. The summed E-state index contributed by atoms with van der Waals surface area (Å²) < 4.78 is 440. The Balaban J connectivity index is 6.96. The predicted octanol–water partition coefficient (Wildman–Crippen LogP) is 10.9. The van der Waals surface area contributed by atoms with Crippen LogP contribution in [0, 0.1) is 5.41 Å². The van der Waals surface area contributed by atoms with Gasteiger partial charge in [0, 0.05) is 0 Å². The second-order valence-corrected chi connectivity index (χ2v) is 9.43. The standard InChI is InChI=1S/C17H3F33O6/c1-2(3(18,19)20,6(27,28)51-10(35,36)14(43,44)55-16(47,48)12(39,40)53-8(31,32)4(21,22)23)7(29,30)52-11(37,38)15(45,46)56-17(49,50)13(41,42)54-9(33,34)5(24,25)26/h1H3. The van der Waals surface area contributed by atoms with Gasteiger partial charge >= 0.3 is 91.8 Å². The lowest BCUT2D eigenvalue weighted by Crippen LogP contribution is -2.68. The predicted molar refractivity (Wildman–Crippen MR) is 92.1 cm³/mol. The lowest BCUT2D eigenvalue weighted by atomic mass is 9.86. The van der Waals surface area contributed by atoms with Crippen molar-refractivity contribution in [3.63, 3.8) is 0 Å². The van der Waals surface area contributed by atoms with Gasteiger partial charge in [0.25, 0.3) is 0 Å². The summed E-state index contributed by atoms with van der Waals surface area (Å²) in [6, 6.07) is 0. The van der Waals surface area contributed by atoms with Gasteiger partial charge in [0.05, 0.1) is 0 Å². The van der Waals surface area contributed by atoms with Crippen molar-refractivity contribution in [2.75, 3.05) is 0 Å². The van der Waals surface area contributed by atoms with Gasteiger partial charge < -0.3 is 0 Å². The fraction of sp³-hybridized carbons (Fsp3) is 1.00. The minimum absolute atomic E-state index is 1.05. The van der Waals surface area contributed by atoms with Gasteiger partial charge in [0.15, 0.2) is 0 Å². The van der Waals surface area contributed by atoms with E-state index in [0.29, 0.717) is 0 Å². The highest BCUT2D eigenvalue weighted by Gasteiger charge is 2.87. The molecule has 338 valence electrons. The van der Waals surface area contributed by atoms with Crippen molar-refractivity contribution in [3.8, 4) is 0 Å². The molecule has 0 unspecified atom stereocenters. The molecule has 0 fully saturated rings. The smallest absolute Gasteiger partial charge is 0.247 e. The Kier molecular flexibility index (Phi) is 13.4. The lowest BCUT2D eigenvalue weighted by molar-refractivity contribution is -0.593. The first-order valence-electron chi connectivity index (χ1n) is 11.4. The average molecular weight is 930 g/mol. The SMILES string of the molecule is CC(C(F)(F)F)(C(F)(F)OC(F)(F)C(F)(F)OC(F)(F)C(F)(F)OC(F)(F)C(F)(F)F)C(F)(F)OC(F)(F)C(F)(F)OC(F)(F)C(F)(F)OC(F)(F)C(F)(F)F. The number of ether oxygens (including phenoxy) is 6. The molecule has 0 radical (unpaired) electrons. The van der Waals surface area contributed by atoms with E-state index in [9.17, 15) is 145 Å². The summed E-state index contributed by atoms with van der Waals surface area (Å²) in [5.74, 6) is 0. The van der Waals surface area contributed by atoms with E-state index in [1.165, 1.54) is 0 Å². The minimum Gasteiger partial charge on any atom is -0.247 e. The molecule has 0 atom stereocenters. The van der Waals surface area contributed by atoms with Crippen LogP contribution in [-0.4, -0.2) is 91.8 Å². The maximum absolute atomic E-state index is 14.2. The molecule has 0 aromatic heterocycles. The van der Waals surface area contributed by atoms with Crippen molar-refractivity contribution in [3.05, 3.63) is 0 Å². The zero-order chi connectivity index (χ0) is 46.2. The minimum atomic E-state index is -8.55. The van der Waals surface area contributed by atoms with Crippen molar-refractivity contribution < 1.29 is 173 Å². The Labute approximate surface area is 279 Å². The third-order valence-electron chi connectivity index (χ3n) is 5.28. The molecule has 0 bridgehead atoms. The maximum atomic E-state index is 14.2. The van der Waals surface area contributed by atoms with Gasteiger partial charge in [-0.25, -0.2) is 28.4 Å². The molecule has 0 saturated carbocycles. The van der Waals surface area contributed by atoms with E-state index in [2.05, 4.69) is 0 Å². The Morgan fingerprint density at radius 1 is 0.179 bits per heavy atom. The number of hydrogen-bond acceptors (Lipinski definition) is 6. The molecule has 0 aromatic rings. The fourth-order valence-corrected chi connectivity index (χ4v) is 2.26. The zero-order valence-corrected chi connectivity index (χ0v) is 23.9. The summed E-state index contributed by atoms with van der Waals surface area (Å²) in [7, 11) is 0. The summed E-state index contributed by atoms with van der Waals surface area (Å²) >= 11 is 0. The second-order valence-electron chi connectivity index (χ2n) is 9.43. The molecule has 6 nitrogen and oxygen atoms in total. The maximum Gasteiger partial charge on any atom is 0.483 e. The molecule has 0 aliphatic carbocycles. The first kappa shape index (κ1) is 53.5.